The lowest BCUT2D eigenvalue weighted by molar-refractivity contribution is -0.131. The lowest BCUT2D eigenvalue weighted by Gasteiger charge is -2.19. The Labute approximate surface area is 130 Å². The number of methoxy groups -OCH3 is 1. The van der Waals surface area contributed by atoms with Gasteiger partial charge < -0.3 is 9.47 Å². The van der Waals surface area contributed by atoms with E-state index in [1.165, 1.54) is 29.2 Å². The van der Waals surface area contributed by atoms with Crippen molar-refractivity contribution in [2.75, 3.05) is 7.11 Å². The van der Waals surface area contributed by atoms with E-state index in [4.69, 9.17) is 9.47 Å². The number of benzene rings is 2. The quantitative estimate of drug-likeness (QED) is 0.634. The SMILES string of the molecule is COc1ccc(C2=CCCc3cc(OC(C)=O)ccc32)cc1. The lowest BCUT2D eigenvalue weighted by atomic mass is 9.87. The molecule has 22 heavy (non-hydrogen) atoms. The fourth-order valence-electron chi connectivity index (χ4n) is 2.80. The van der Waals surface area contributed by atoms with Crippen molar-refractivity contribution in [1.82, 2.24) is 0 Å². The zero-order valence-electron chi connectivity index (χ0n) is 12.8. The van der Waals surface area contributed by atoms with Gasteiger partial charge in [-0.2, -0.15) is 0 Å². The van der Waals surface area contributed by atoms with E-state index in [1.54, 1.807) is 7.11 Å². The number of esters is 1. The Hall–Kier alpha value is -2.55. The normalized spacial score (nSPS) is 13.1. The molecule has 0 amide bonds. The van der Waals surface area contributed by atoms with Gasteiger partial charge in [-0.3, -0.25) is 4.79 Å². The summed E-state index contributed by atoms with van der Waals surface area (Å²) in [5.41, 5.74) is 4.81. The number of hydrogen-bond donors (Lipinski definition) is 0. The molecule has 0 radical (unpaired) electrons. The molecular formula is C19H18O3. The number of ether oxygens (including phenoxy) is 2. The number of hydrogen-bond acceptors (Lipinski definition) is 3. The molecule has 0 spiro atoms. The van der Waals surface area contributed by atoms with Crippen molar-refractivity contribution in [2.45, 2.75) is 19.8 Å². The van der Waals surface area contributed by atoms with Crippen molar-refractivity contribution in [3.8, 4) is 11.5 Å². The minimum atomic E-state index is -0.290. The lowest BCUT2D eigenvalue weighted by Crippen LogP contribution is -2.05. The fourth-order valence-corrected chi connectivity index (χ4v) is 2.80. The standard InChI is InChI=1S/C19H18O3/c1-13(20)22-17-10-11-19-15(12-17)4-3-5-18(19)14-6-8-16(21-2)9-7-14/h5-12H,3-4H2,1-2H3. The van der Waals surface area contributed by atoms with E-state index >= 15 is 0 Å². The second-order valence-electron chi connectivity index (χ2n) is 5.30. The summed E-state index contributed by atoms with van der Waals surface area (Å²) in [6.07, 6.45) is 4.21. The molecule has 0 aromatic heterocycles. The smallest absolute Gasteiger partial charge is 0.308 e. The van der Waals surface area contributed by atoms with Crippen LogP contribution >= 0.6 is 0 Å². The third kappa shape index (κ3) is 2.89. The molecule has 0 N–H and O–H groups in total. The maximum absolute atomic E-state index is 11.1. The minimum Gasteiger partial charge on any atom is -0.497 e. The molecule has 1 aliphatic carbocycles. The molecule has 0 aliphatic heterocycles. The van der Waals surface area contributed by atoms with Crippen molar-refractivity contribution in [1.29, 1.82) is 0 Å². The van der Waals surface area contributed by atoms with Gasteiger partial charge in [0.2, 0.25) is 0 Å². The maximum Gasteiger partial charge on any atom is 0.308 e. The van der Waals surface area contributed by atoms with Crippen molar-refractivity contribution < 1.29 is 14.3 Å². The van der Waals surface area contributed by atoms with Crippen molar-refractivity contribution in [3.63, 3.8) is 0 Å². The largest absolute Gasteiger partial charge is 0.497 e. The molecule has 1 aliphatic rings. The van der Waals surface area contributed by atoms with Gasteiger partial charge in [0.1, 0.15) is 11.5 Å². The Balaban J connectivity index is 1.95. The highest BCUT2D eigenvalue weighted by molar-refractivity contribution is 5.83. The van der Waals surface area contributed by atoms with Crippen LogP contribution < -0.4 is 9.47 Å². The highest BCUT2D eigenvalue weighted by atomic mass is 16.5. The van der Waals surface area contributed by atoms with Crippen molar-refractivity contribution in [3.05, 3.63) is 65.2 Å². The molecule has 0 saturated carbocycles. The van der Waals surface area contributed by atoms with Gasteiger partial charge in [0.25, 0.3) is 0 Å². The van der Waals surface area contributed by atoms with Crippen LogP contribution in [0.1, 0.15) is 30.0 Å². The molecule has 3 rings (SSSR count). The predicted molar refractivity (Wildman–Crippen MR) is 86.1 cm³/mol. The summed E-state index contributed by atoms with van der Waals surface area (Å²) in [5, 5.41) is 0. The number of allylic oxidation sites excluding steroid dienone is 1. The van der Waals surface area contributed by atoms with Crippen LogP contribution in [0.4, 0.5) is 0 Å². The average Bonchev–Trinajstić information content (AvgIpc) is 2.53. The zero-order valence-corrected chi connectivity index (χ0v) is 12.8. The predicted octanol–water partition coefficient (Wildman–Crippen LogP) is 4.00. The molecule has 0 bridgehead atoms. The first-order valence-electron chi connectivity index (χ1n) is 7.33. The average molecular weight is 294 g/mol. The third-order valence-electron chi connectivity index (χ3n) is 3.79. The molecule has 0 saturated heterocycles. The van der Waals surface area contributed by atoms with Gasteiger partial charge in [0, 0.05) is 6.92 Å². The molecule has 2 aromatic carbocycles. The van der Waals surface area contributed by atoms with Gasteiger partial charge in [-0.15, -0.1) is 0 Å². The molecule has 3 nitrogen and oxygen atoms in total. The summed E-state index contributed by atoms with van der Waals surface area (Å²) in [7, 11) is 1.67. The van der Waals surface area contributed by atoms with Crippen LogP contribution in [0, 0.1) is 0 Å². The second-order valence-corrected chi connectivity index (χ2v) is 5.30. The van der Waals surface area contributed by atoms with Gasteiger partial charge in [-0.05, 0) is 59.4 Å². The van der Waals surface area contributed by atoms with E-state index in [0.717, 1.165) is 18.6 Å². The first kappa shape index (κ1) is 14.4. The van der Waals surface area contributed by atoms with Crippen LogP contribution in [-0.4, -0.2) is 13.1 Å². The molecule has 112 valence electrons. The van der Waals surface area contributed by atoms with E-state index in [2.05, 4.69) is 18.2 Å². The molecule has 2 aromatic rings. The van der Waals surface area contributed by atoms with Gasteiger partial charge in [-0.25, -0.2) is 0 Å². The highest BCUT2D eigenvalue weighted by Crippen LogP contribution is 2.34. The Morgan fingerprint density at radius 3 is 2.45 bits per heavy atom. The molecule has 3 heteroatoms. The maximum atomic E-state index is 11.1. The molecule has 0 atom stereocenters. The first-order chi connectivity index (χ1) is 10.7. The number of aryl methyl sites for hydroxylation is 1. The Morgan fingerprint density at radius 2 is 1.77 bits per heavy atom. The van der Waals surface area contributed by atoms with E-state index in [0.29, 0.717) is 5.75 Å². The molecular weight excluding hydrogens is 276 g/mol. The molecule has 0 heterocycles. The number of carbonyl (C=O) groups excluding carboxylic acids is 1. The van der Waals surface area contributed by atoms with E-state index in [1.807, 2.05) is 30.3 Å². The van der Waals surface area contributed by atoms with E-state index in [9.17, 15) is 4.79 Å². The van der Waals surface area contributed by atoms with E-state index in [-0.39, 0.29) is 5.97 Å². The summed E-state index contributed by atoms with van der Waals surface area (Å²) in [6.45, 7) is 1.42. The van der Waals surface area contributed by atoms with Gasteiger partial charge >= 0.3 is 5.97 Å². The van der Waals surface area contributed by atoms with Crippen LogP contribution in [-0.2, 0) is 11.2 Å². The Kier molecular flexibility index (Phi) is 3.96. The number of carbonyl (C=O) groups is 1. The first-order valence-corrected chi connectivity index (χ1v) is 7.33. The molecule has 0 unspecified atom stereocenters. The second kappa shape index (κ2) is 6.06. The van der Waals surface area contributed by atoms with Crippen LogP contribution in [0.2, 0.25) is 0 Å². The molecule has 0 fully saturated rings. The monoisotopic (exact) mass is 294 g/mol. The fraction of sp³-hybridized carbons (Fsp3) is 0.211. The topological polar surface area (TPSA) is 35.5 Å². The summed E-state index contributed by atoms with van der Waals surface area (Å²) in [4.78, 5) is 11.1. The van der Waals surface area contributed by atoms with Crippen LogP contribution in [0.5, 0.6) is 11.5 Å². The van der Waals surface area contributed by atoms with Crippen LogP contribution in [0.15, 0.2) is 48.5 Å². The van der Waals surface area contributed by atoms with Crippen molar-refractivity contribution in [2.24, 2.45) is 0 Å². The summed E-state index contributed by atoms with van der Waals surface area (Å²) < 4.78 is 10.4. The van der Waals surface area contributed by atoms with Crippen molar-refractivity contribution >= 4 is 11.5 Å². The number of fused-ring (bicyclic) bond motifs is 1. The van der Waals surface area contributed by atoms with Gasteiger partial charge in [0.05, 0.1) is 7.11 Å². The van der Waals surface area contributed by atoms with Crippen LogP contribution in [0.3, 0.4) is 0 Å². The minimum absolute atomic E-state index is 0.290. The summed E-state index contributed by atoms with van der Waals surface area (Å²) >= 11 is 0. The Morgan fingerprint density at radius 1 is 1.05 bits per heavy atom. The van der Waals surface area contributed by atoms with Gasteiger partial charge in [0.15, 0.2) is 0 Å². The summed E-state index contributed by atoms with van der Waals surface area (Å²) in [6, 6.07) is 13.9. The number of rotatable bonds is 3. The van der Waals surface area contributed by atoms with E-state index < -0.39 is 0 Å². The van der Waals surface area contributed by atoms with Gasteiger partial charge in [-0.1, -0.05) is 24.3 Å². The Bertz CT molecular complexity index is 727. The highest BCUT2D eigenvalue weighted by Gasteiger charge is 2.15. The summed E-state index contributed by atoms with van der Waals surface area (Å²) in [5.74, 6) is 1.18. The zero-order chi connectivity index (χ0) is 15.5. The third-order valence-corrected chi connectivity index (χ3v) is 3.79. The van der Waals surface area contributed by atoms with Crippen LogP contribution in [0.25, 0.3) is 5.57 Å².